The number of amidine groups is 1. The van der Waals surface area contributed by atoms with Crippen LogP contribution in [-0.2, 0) is 6.54 Å². The first-order chi connectivity index (χ1) is 13.6. The van der Waals surface area contributed by atoms with Crippen LogP contribution in [0.15, 0.2) is 77.1 Å². The largest absolute Gasteiger partial charge is 0.478 e. The van der Waals surface area contributed by atoms with E-state index in [-0.39, 0.29) is 11.4 Å². The third-order valence-electron chi connectivity index (χ3n) is 4.72. The van der Waals surface area contributed by atoms with Crippen LogP contribution in [0.4, 0.5) is 0 Å². The standard InChI is InChI=1S/C21H17N5O2/c22-20(24-25-23)14-8-9-19-17(11-14)16-6-1-2-7-18(16)26(19)12-13-4-3-5-15(10-13)21(27)28/h1-11H,12H2,(H,27,28)(H3,22,23,24). The maximum Gasteiger partial charge on any atom is 0.335 e. The van der Waals surface area contributed by atoms with Crippen LogP contribution in [0.5, 0.6) is 0 Å². The quantitative estimate of drug-likeness (QED) is 0.164. The molecule has 0 unspecified atom stereocenters. The number of nitrogens with zero attached hydrogens (tertiary/aromatic N) is 3. The van der Waals surface area contributed by atoms with Crippen molar-refractivity contribution in [3.05, 3.63) is 83.4 Å². The predicted octanol–water partition coefficient (Wildman–Crippen LogP) is 4.19. The first-order valence-electron chi connectivity index (χ1n) is 8.61. The molecule has 4 rings (SSSR count). The number of benzene rings is 3. The third kappa shape index (κ3) is 2.99. The van der Waals surface area contributed by atoms with Gasteiger partial charge in [0.2, 0.25) is 0 Å². The van der Waals surface area contributed by atoms with Crippen molar-refractivity contribution < 1.29 is 9.90 Å². The van der Waals surface area contributed by atoms with Crippen LogP contribution in [0.3, 0.4) is 0 Å². The number of rotatable bonds is 4. The molecule has 0 fully saturated rings. The number of hydrogen-bond acceptors (Lipinski definition) is 3. The van der Waals surface area contributed by atoms with Crippen LogP contribution in [0.2, 0.25) is 0 Å². The molecule has 4 N–H and O–H groups in total. The molecule has 7 nitrogen and oxygen atoms in total. The van der Waals surface area contributed by atoms with E-state index in [0.717, 1.165) is 27.4 Å². The molecule has 28 heavy (non-hydrogen) atoms. The molecule has 0 amide bonds. The number of aromatic nitrogens is 1. The average Bonchev–Trinajstić information content (AvgIpc) is 3.02. The van der Waals surface area contributed by atoms with Crippen molar-refractivity contribution in [3.8, 4) is 0 Å². The topological polar surface area (TPSA) is 117 Å². The summed E-state index contributed by atoms with van der Waals surface area (Å²) in [7, 11) is 0. The highest BCUT2D eigenvalue weighted by atomic mass is 16.4. The van der Waals surface area contributed by atoms with Crippen LogP contribution < -0.4 is 5.84 Å². The van der Waals surface area contributed by atoms with Gasteiger partial charge in [-0.15, -0.1) is 5.11 Å². The molecule has 4 aromatic rings. The number of carboxylic acid groups (broad SMARTS) is 1. The van der Waals surface area contributed by atoms with Crippen molar-refractivity contribution in [2.24, 2.45) is 16.2 Å². The van der Waals surface area contributed by atoms with Crippen molar-refractivity contribution in [2.75, 3.05) is 0 Å². The highest BCUT2D eigenvalue weighted by Crippen LogP contribution is 2.30. The van der Waals surface area contributed by atoms with Gasteiger partial charge < -0.3 is 15.5 Å². The van der Waals surface area contributed by atoms with E-state index < -0.39 is 5.97 Å². The minimum atomic E-state index is -0.943. The lowest BCUT2D eigenvalue weighted by molar-refractivity contribution is 0.0696. The van der Waals surface area contributed by atoms with Crippen molar-refractivity contribution >= 4 is 33.6 Å². The molecule has 0 spiro atoms. The van der Waals surface area contributed by atoms with Gasteiger partial charge in [-0.2, -0.15) is 0 Å². The van der Waals surface area contributed by atoms with Crippen molar-refractivity contribution in [3.63, 3.8) is 0 Å². The average molecular weight is 371 g/mol. The Morgan fingerprint density at radius 3 is 2.54 bits per heavy atom. The zero-order valence-electron chi connectivity index (χ0n) is 14.8. The van der Waals surface area contributed by atoms with E-state index in [2.05, 4.69) is 14.9 Å². The van der Waals surface area contributed by atoms with Crippen LogP contribution in [0.25, 0.3) is 21.8 Å². The molecule has 138 valence electrons. The Kier molecular flexibility index (Phi) is 4.33. The molecule has 0 aliphatic carbocycles. The van der Waals surface area contributed by atoms with E-state index in [1.807, 2.05) is 48.5 Å². The second-order valence-electron chi connectivity index (χ2n) is 6.40. The van der Waals surface area contributed by atoms with E-state index in [4.69, 9.17) is 11.3 Å². The van der Waals surface area contributed by atoms with E-state index in [1.54, 1.807) is 18.2 Å². The smallest absolute Gasteiger partial charge is 0.335 e. The molecule has 1 aromatic heterocycles. The molecule has 7 heteroatoms. The zero-order chi connectivity index (χ0) is 19.7. The number of aromatic carboxylic acids is 1. The molecule has 0 bridgehead atoms. The number of nitrogens with one attached hydrogen (secondary N) is 1. The summed E-state index contributed by atoms with van der Waals surface area (Å²) in [6, 6.07) is 20.6. The Hall–Kier alpha value is -4.00. The first-order valence-corrected chi connectivity index (χ1v) is 8.61. The molecule has 0 saturated heterocycles. The van der Waals surface area contributed by atoms with Crippen LogP contribution in [0, 0.1) is 5.41 Å². The van der Waals surface area contributed by atoms with E-state index >= 15 is 0 Å². The number of fused-ring (bicyclic) bond motifs is 3. The summed E-state index contributed by atoms with van der Waals surface area (Å²) in [6.07, 6.45) is 0. The Bertz CT molecular complexity index is 1260. The Morgan fingerprint density at radius 2 is 1.75 bits per heavy atom. The zero-order valence-corrected chi connectivity index (χ0v) is 14.8. The van der Waals surface area contributed by atoms with Gasteiger partial charge in [0.1, 0.15) is 0 Å². The molecule has 0 aliphatic rings. The fraction of sp³-hybridized carbons (Fsp3) is 0.0476. The monoisotopic (exact) mass is 371 g/mol. The van der Waals surface area contributed by atoms with Crippen LogP contribution in [-0.4, -0.2) is 21.5 Å². The molecule has 0 saturated carbocycles. The minimum Gasteiger partial charge on any atom is -0.478 e. The molecular formula is C21H17N5O2. The van der Waals surface area contributed by atoms with Gasteiger partial charge in [0.05, 0.1) is 5.56 Å². The lowest BCUT2D eigenvalue weighted by atomic mass is 10.1. The second-order valence-corrected chi connectivity index (χ2v) is 6.40. The van der Waals surface area contributed by atoms with Gasteiger partial charge in [0.15, 0.2) is 5.84 Å². The third-order valence-corrected chi connectivity index (χ3v) is 4.72. The summed E-state index contributed by atoms with van der Waals surface area (Å²) < 4.78 is 2.14. The van der Waals surface area contributed by atoms with Gasteiger partial charge in [0, 0.05) is 33.9 Å². The minimum absolute atomic E-state index is 0.00427. The number of nitrogens with two attached hydrogens (primary N) is 1. The summed E-state index contributed by atoms with van der Waals surface area (Å²) in [5.74, 6) is 4.12. The van der Waals surface area contributed by atoms with Gasteiger partial charge in [-0.05, 0) is 42.0 Å². The molecular weight excluding hydrogens is 354 g/mol. The van der Waals surface area contributed by atoms with Gasteiger partial charge in [-0.25, -0.2) is 4.79 Å². The van der Waals surface area contributed by atoms with Crippen molar-refractivity contribution in [1.29, 1.82) is 5.41 Å². The van der Waals surface area contributed by atoms with E-state index in [0.29, 0.717) is 12.1 Å². The first kappa shape index (κ1) is 17.4. The summed E-state index contributed by atoms with van der Waals surface area (Å²) in [5.41, 5.74) is 3.81. The van der Waals surface area contributed by atoms with Gasteiger partial charge in [-0.3, -0.25) is 5.41 Å². The molecule has 0 aliphatic heterocycles. The van der Waals surface area contributed by atoms with Crippen LogP contribution >= 0.6 is 0 Å². The number of hydrogen-bond donors (Lipinski definition) is 3. The van der Waals surface area contributed by atoms with Gasteiger partial charge in [-0.1, -0.05) is 35.6 Å². The fourth-order valence-electron chi connectivity index (χ4n) is 3.47. The summed E-state index contributed by atoms with van der Waals surface area (Å²) in [6.45, 7) is 0.532. The van der Waals surface area contributed by atoms with Gasteiger partial charge >= 0.3 is 5.97 Å². The van der Waals surface area contributed by atoms with Crippen LogP contribution in [0.1, 0.15) is 21.5 Å². The number of carboxylic acids is 1. The Morgan fingerprint density at radius 1 is 0.964 bits per heavy atom. The number of para-hydroxylation sites is 1. The Balaban J connectivity index is 1.89. The molecule has 0 radical (unpaired) electrons. The van der Waals surface area contributed by atoms with Gasteiger partial charge in [0.25, 0.3) is 0 Å². The van der Waals surface area contributed by atoms with Crippen molar-refractivity contribution in [1.82, 2.24) is 4.57 Å². The number of carbonyl (C=O) groups is 1. The normalized spacial score (nSPS) is 11.4. The fourth-order valence-corrected chi connectivity index (χ4v) is 3.47. The molecule has 3 aromatic carbocycles. The maximum absolute atomic E-state index is 11.3. The highest BCUT2D eigenvalue weighted by molar-refractivity contribution is 6.11. The second kappa shape index (κ2) is 6.96. The summed E-state index contributed by atoms with van der Waals surface area (Å²) in [5, 5.41) is 26.0. The summed E-state index contributed by atoms with van der Waals surface area (Å²) >= 11 is 0. The molecule has 0 atom stereocenters. The molecule has 1 heterocycles. The maximum atomic E-state index is 11.3. The lowest BCUT2D eigenvalue weighted by Crippen LogP contribution is -2.02. The van der Waals surface area contributed by atoms with E-state index in [1.165, 1.54) is 0 Å². The van der Waals surface area contributed by atoms with Crippen molar-refractivity contribution in [2.45, 2.75) is 6.54 Å². The SMILES string of the molecule is N=C(N=NN)c1ccc2c(c1)c1ccccc1n2Cc1cccc(C(=O)O)c1. The lowest BCUT2D eigenvalue weighted by Gasteiger charge is -2.09. The summed E-state index contributed by atoms with van der Waals surface area (Å²) in [4.78, 5) is 11.3. The van der Waals surface area contributed by atoms with E-state index in [9.17, 15) is 9.90 Å². The Labute approximate surface area is 160 Å². The predicted molar refractivity (Wildman–Crippen MR) is 108 cm³/mol. The highest BCUT2D eigenvalue weighted by Gasteiger charge is 2.13.